The van der Waals surface area contributed by atoms with Gasteiger partial charge in [0.25, 0.3) is 0 Å². The molecule has 0 saturated carbocycles. The Morgan fingerprint density at radius 2 is 1.88 bits per heavy atom. The number of guanidine groups is 1. The molecular weight excluding hydrogens is 447 g/mol. The normalized spacial score (nSPS) is 10.7. The van der Waals surface area contributed by atoms with Gasteiger partial charge in [0, 0.05) is 33.9 Å². The van der Waals surface area contributed by atoms with Crippen molar-refractivity contribution in [2.75, 3.05) is 47.5 Å². The van der Waals surface area contributed by atoms with E-state index in [9.17, 15) is 4.79 Å². The average molecular weight is 478 g/mol. The van der Waals surface area contributed by atoms with E-state index < -0.39 is 0 Å². The van der Waals surface area contributed by atoms with E-state index in [1.807, 2.05) is 31.2 Å². The summed E-state index contributed by atoms with van der Waals surface area (Å²) in [5.74, 6) is 1.42. The number of nitrogens with zero attached hydrogens (tertiary/aromatic N) is 2. The SMILES string of the molecule is CCOCCCNC(=NCc1ccc(OC)cc1)NCC(=O)N(C)C.I. The molecule has 2 N–H and O–H groups in total. The first-order chi connectivity index (χ1) is 12.1. The first-order valence-electron chi connectivity index (χ1n) is 8.49. The van der Waals surface area contributed by atoms with Gasteiger partial charge in [-0.3, -0.25) is 4.79 Å². The molecular formula is C18H31IN4O3. The average Bonchev–Trinajstić information content (AvgIpc) is 2.63. The molecule has 1 amide bonds. The zero-order chi connectivity index (χ0) is 18.5. The molecule has 1 aromatic carbocycles. The number of amides is 1. The van der Waals surface area contributed by atoms with Crippen LogP contribution >= 0.6 is 24.0 Å². The number of nitrogens with one attached hydrogen (secondary N) is 2. The minimum atomic E-state index is -0.00624. The predicted octanol–water partition coefficient (Wildman–Crippen LogP) is 1.86. The second-order valence-corrected chi connectivity index (χ2v) is 5.63. The van der Waals surface area contributed by atoms with Crippen molar-refractivity contribution in [3.05, 3.63) is 29.8 Å². The fraction of sp³-hybridized carbons (Fsp3) is 0.556. The van der Waals surface area contributed by atoms with Crippen LogP contribution in [0.5, 0.6) is 5.75 Å². The molecule has 1 rings (SSSR count). The molecule has 0 radical (unpaired) electrons. The van der Waals surface area contributed by atoms with Gasteiger partial charge >= 0.3 is 0 Å². The van der Waals surface area contributed by atoms with Crippen LogP contribution in [0.2, 0.25) is 0 Å². The van der Waals surface area contributed by atoms with E-state index >= 15 is 0 Å². The molecule has 0 heterocycles. The van der Waals surface area contributed by atoms with Crippen molar-refractivity contribution in [1.29, 1.82) is 0 Å². The molecule has 8 heteroatoms. The second-order valence-electron chi connectivity index (χ2n) is 5.63. The highest BCUT2D eigenvalue weighted by molar-refractivity contribution is 14.0. The van der Waals surface area contributed by atoms with Crippen molar-refractivity contribution < 1.29 is 14.3 Å². The van der Waals surface area contributed by atoms with Gasteiger partial charge in [-0.1, -0.05) is 12.1 Å². The third kappa shape index (κ3) is 10.4. The van der Waals surface area contributed by atoms with Gasteiger partial charge in [-0.25, -0.2) is 4.99 Å². The minimum Gasteiger partial charge on any atom is -0.497 e. The van der Waals surface area contributed by atoms with E-state index in [4.69, 9.17) is 9.47 Å². The lowest BCUT2D eigenvalue weighted by Gasteiger charge is -2.15. The predicted molar refractivity (Wildman–Crippen MR) is 115 cm³/mol. The standard InChI is InChI=1S/C18H30N4O3.HI/c1-5-25-12-6-11-19-18(21-14-17(23)22(2)3)20-13-15-7-9-16(24-4)10-8-15;/h7-10H,5-6,11-14H2,1-4H3,(H2,19,20,21);1H. The Hall–Kier alpha value is -1.55. The van der Waals surface area contributed by atoms with E-state index in [2.05, 4.69) is 15.6 Å². The summed E-state index contributed by atoms with van der Waals surface area (Å²) in [5.41, 5.74) is 1.06. The van der Waals surface area contributed by atoms with E-state index in [0.29, 0.717) is 25.7 Å². The van der Waals surface area contributed by atoms with Crippen molar-refractivity contribution in [3.8, 4) is 5.75 Å². The fourth-order valence-electron chi connectivity index (χ4n) is 1.92. The molecule has 0 fully saturated rings. The Balaban J connectivity index is 0.00000625. The maximum Gasteiger partial charge on any atom is 0.241 e. The van der Waals surface area contributed by atoms with Crippen LogP contribution in [0.25, 0.3) is 0 Å². The van der Waals surface area contributed by atoms with Crippen molar-refractivity contribution in [2.45, 2.75) is 19.9 Å². The first kappa shape index (κ1) is 24.5. The molecule has 148 valence electrons. The summed E-state index contributed by atoms with van der Waals surface area (Å²) in [4.78, 5) is 17.8. The maximum atomic E-state index is 11.8. The lowest BCUT2D eigenvalue weighted by molar-refractivity contribution is -0.127. The second kappa shape index (κ2) is 14.6. The molecule has 0 aliphatic heterocycles. The van der Waals surface area contributed by atoms with Crippen LogP contribution in [0.3, 0.4) is 0 Å². The molecule has 0 aliphatic carbocycles. The van der Waals surface area contributed by atoms with Crippen LogP contribution in [0.15, 0.2) is 29.3 Å². The quantitative estimate of drug-likeness (QED) is 0.233. The summed E-state index contributed by atoms with van der Waals surface area (Å²) >= 11 is 0. The molecule has 0 aliphatic rings. The molecule has 0 bridgehead atoms. The number of hydrogen-bond acceptors (Lipinski definition) is 4. The molecule has 0 unspecified atom stereocenters. The molecule has 1 aromatic rings. The number of rotatable bonds is 10. The zero-order valence-electron chi connectivity index (χ0n) is 16.1. The van der Waals surface area contributed by atoms with Gasteiger partial charge in [0.15, 0.2) is 5.96 Å². The Labute approximate surface area is 173 Å². The van der Waals surface area contributed by atoms with E-state index in [0.717, 1.165) is 24.3 Å². The van der Waals surface area contributed by atoms with Crippen LogP contribution in [0.1, 0.15) is 18.9 Å². The molecule has 26 heavy (non-hydrogen) atoms. The number of likely N-dealkylation sites (N-methyl/N-ethyl adjacent to an activating group) is 1. The molecule has 0 saturated heterocycles. The first-order valence-corrected chi connectivity index (χ1v) is 8.49. The monoisotopic (exact) mass is 478 g/mol. The molecule has 7 nitrogen and oxygen atoms in total. The maximum absolute atomic E-state index is 11.8. The van der Waals surface area contributed by atoms with Crippen molar-refractivity contribution >= 4 is 35.8 Å². The van der Waals surface area contributed by atoms with E-state index in [1.54, 1.807) is 26.1 Å². The number of aliphatic imine (C=N–C) groups is 1. The topological polar surface area (TPSA) is 75.2 Å². The number of methoxy groups -OCH3 is 1. The van der Waals surface area contributed by atoms with Gasteiger partial charge in [-0.15, -0.1) is 24.0 Å². The van der Waals surface area contributed by atoms with Crippen molar-refractivity contribution in [3.63, 3.8) is 0 Å². The summed E-state index contributed by atoms with van der Waals surface area (Å²) in [6.07, 6.45) is 0.874. The number of ether oxygens (including phenoxy) is 2. The van der Waals surface area contributed by atoms with Crippen LogP contribution in [0.4, 0.5) is 0 Å². The van der Waals surface area contributed by atoms with Crippen LogP contribution in [-0.2, 0) is 16.1 Å². The smallest absolute Gasteiger partial charge is 0.241 e. The lowest BCUT2D eigenvalue weighted by atomic mass is 10.2. The number of halogens is 1. The third-order valence-corrected chi connectivity index (χ3v) is 3.45. The van der Waals surface area contributed by atoms with Gasteiger partial charge in [0.2, 0.25) is 5.91 Å². The molecule has 0 atom stereocenters. The highest BCUT2D eigenvalue weighted by atomic mass is 127. The Kier molecular flexibility index (Phi) is 13.7. The number of carbonyl (C=O) groups excluding carboxylic acids is 1. The highest BCUT2D eigenvalue weighted by Gasteiger charge is 2.05. The number of carbonyl (C=O) groups is 1. The van der Waals surface area contributed by atoms with Gasteiger partial charge in [-0.05, 0) is 31.0 Å². The summed E-state index contributed by atoms with van der Waals surface area (Å²) in [5, 5.41) is 6.30. The minimum absolute atomic E-state index is 0. The Bertz CT molecular complexity index is 536. The van der Waals surface area contributed by atoms with Crippen molar-refractivity contribution in [2.24, 2.45) is 4.99 Å². The molecule has 0 spiro atoms. The van der Waals surface area contributed by atoms with Crippen LogP contribution in [0, 0.1) is 0 Å². The number of hydrogen-bond donors (Lipinski definition) is 2. The summed E-state index contributed by atoms with van der Waals surface area (Å²) in [6, 6.07) is 7.76. The lowest BCUT2D eigenvalue weighted by Crippen LogP contribution is -2.43. The Morgan fingerprint density at radius 3 is 2.46 bits per heavy atom. The molecule has 0 aromatic heterocycles. The Morgan fingerprint density at radius 1 is 1.19 bits per heavy atom. The highest BCUT2D eigenvalue weighted by Crippen LogP contribution is 2.11. The van der Waals surface area contributed by atoms with Gasteiger partial charge in [0.1, 0.15) is 5.75 Å². The summed E-state index contributed by atoms with van der Waals surface area (Å²) in [7, 11) is 5.10. The van der Waals surface area contributed by atoms with E-state index in [-0.39, 0.29) is 36.4 Å². The van der Waals surface area contributed by atoms with Crippen LogP contribution < -0.4 is 15.4 Å². The summed E-state index contributed by atoms with van der Waals surface area (Å²) < 4.78 is 10.5. The van der Waals surface area contributed by atoms with Crippen LogP contribution in [-0.4, -0.2) is 64.3 Å². The third-order valence-electron chi connectivity index (χ3n) is 3.45. The van der Waals surface area contributed by atoms with E-state index in [1.165, 1.54) is 0 Å². The largest absolute Gasteiger partial charge is 0.497 e. The number of benzene rings is 1. The zero-order valence-corrected chi connectivity index (χ0v) is 18.4. The summed E-state index contributed by atoms with van der Waals surface area (Å²) in [6.45, 7) is 4.84. The van der Waals surface area contributed by atoms with Crippen molar-refractivity contribution in [1.82, 2.24) is 15.5 Å². The fourth-order valence-corrected chi connectivity index (χ4v) is 1.92. The van der Waals surface area contributed by atoms with Gasteiger partial charge < -0.3 is 25.0 Å². The van der Waals surface area contributed by atoms with Gasteiger partial charge in [0.05, 0.1) is 20.2 Å². The van der Waals surface area contributed by atoms with Gasteiger partial charge in [-0.2, -0.15) is 0 Å².